The Bertz CT molecular complexity index is 789. The minimum absolute atomic E-state index is 0.000360. The quantitative estimate of drug-likeness (QED) is 0.723. The molecule has 0 fully saturated rings. The molecule has 0 saturated carbocycles. The van der Waals surface area contributed by atoms with Crippen molar-refractivity contribution in [3.8, 4) is 0 Å². The molecule has 1 N–H and O–H groups in total. The van der Waals surface area contributed by atoms with Gasteiger partial charge in [0.25, 0.3) is 5.56 Å². The molecule has 5 nitrogen and oxygen atoms in total. The van der Waals surface area contributed by atoms with Crippen LogP contribution in [0.1, 0.15) is 11.3 Å². The van der Waals surface area contributed by atoms with Crippen LogP contribution in [-0.2, 0) is 13.1 Å². The highest BCUT2D eigenvalue weighted by molar-refractivity contribution is 5.44. The maximum Gasteiger partial charge on any atom is 0.276 e. The van der Waals surface area contributed by atoms with Gasteiger partial charge in [0.05, 0.1) is 5.69 Å². The van der Waals surface area contributed by atoms with Gasteiger partial charge in [-0.1, -0.05) is 30.3 Å². The fourth-order valence-corrected chi connectivity index (χ4v) is 2.35. The minimum atomic E-state index is -0.000360. The molecule has 2 heterocycles. The summed E-state index contributed by atoms with van der Waals surface area (Å²) in [7, 11) is 0. The summed E-state index contributed by atoms with van der Waals surface area (Å²) in [6.07, 6.45) is 3.60. The predicted octanol–water partition coefficient (Wildman–Crippen LogP) is 1.59. The molecule has 0 amide bonds. The SMILES string of the molecule is Cc1cc2c(=O)n(CCNCc3ccccc3)ccn2n1. The van der Waals surface area contributed by atoms with E-state index in [9.17, 15) is 4.79 Å². The maximum atomic E-state index is 12.3. The van der Waals surface area contributed by atoms with E-state index in [0.717, 1.165) is 18.8 Å². The van der Waals surface area contributed by atoms with Gasteiger partial charge in [-0.3, -0.25) is 4.79 Å². The molecule has 3 aromatic rings. The van der Waals surface area contributed by atoms with Crippen LogP contribution in [0.3, 0.4) is 0 Å². The van der Waals surface area contributed by atoms with Gasteiger partial charge in [-0.05, 0) is 18.6 Å². The van der Waals surface area contributed by atoms with E-state index >= 15 is 0 Å². The maximum absolute atomic E-state index is 12.3. The molecule has 108 valence electrons. The molecule has 0 spiro atoms. The van der Waals surface area contributed by atoms with E-state index in [2.05, 4.69) is 22.5 Å². The fourth-order valence-electron chi connectivity index (χ4n) is 2.35. The highest BCUT2D eigenvalue weighted by atomic mass is 16.1. The third-order valence-electron chi connectivity index (χ3n) is 3.43. The molecule has 0 aliphatic carbocycles. The number of rotatable bonds is 5. The molecule has 0 radical (unpaired) electrons. The topological polar surface area (TPSA) is 51.3 Å². The van der Waals surface area contributed by atoms with Gasteiger partial charge < -0.3 is 9.88 Å². The lowest BCUT2D eigenvalue weighted by molar-refractivity contribution is 0.583. The van der Waals surface area contributed by atoms with Crippen molar-refractivity contribution in [1.82, 2.24) is 19.5 Å². The van der Waals surface area contributed by atoms with Gasteiger partial charge in [-0.2, -0.15) is 5.10 Å². The van der Waals surface area contributed by atoms with E-state index in [-0.39, 0.29) is 5.56 Å². The first-order chi connectivity index (χ1) is 10.2. The summed E-state index contributed by atoms with van der Waals surface area (Å²) in [6.45, 7) is 4.09. The zero-order chi connectivity index (χ0) is 14.7. The molecular weight excluding hydrogens is 264 g/mol. The van der Waals surface area contributed by atoms with Crippen LogP contribution >= 0.6 is 0 Å². The average molecular weight is 282 g/mol. The second kappa shape index (κ2) is 5.93. The van der Waals surface area contributed by atoms with Gasteiger partial charge in [0.1, 0.15) is 5.52 Å². The largest absolute Gasteiger partial charge is 0.311 e. The van der Waals surface area contributed by atoms with E-state index in [4.69, 9.17) is 0 Å². The molecule has 0 aliphatic heterocycles. The molecule has 0 aliphatic rings. The van der Waals surface area contributed by atoms with Crippen LogP contribution in [0.2, 0.25) is 0 Å². The van der Waals surface area contributed by atoms with E-state index < -0.39 is 0 Å². The van der Waals surface area contributed by atoms with Crippen LogP contribution in [0.4, 0.5) is 0 Å². The van der Waals surface area contributed by atoms with Crippen LogP contribution in [0.15, 0.2) is 53.6 Å². The van der Waals surface area contributed by atoms with Crippen LogP contribution in [0, 0.1) is 6.92 Å². The first-order valence-corrected chi connectivity index (χ1v) is 7.04. The number of hydrogen-bond donors (Lipinski definition) is 1. The number of nitrogens with zero attached hydrogens (tertiary/aromatic N) is 3. The Morgan fingerprint density at radius 1 is 1.19 bits per heavy atom. The van der Waals surface area contributed by atoms with E-state index in [1.807, 2.05) is 37.4 Å². The second-order valence-electron chi connectivity index (χ2n) is 5.07. The predicted molar refractivity (Wildman–Crippen MR) is 82.3 cm³/mol. The molecule has 0 atom stereocenters. The monoisotopic (exact) mass is 282 g/mol. The summed E-state index contributed by atoms with van der Waals surface area (Å²) in [5.74, 6) is 0. The normalized spacial score (nSPS) is 11.1. The lowest BCUT2D eigenvalue weighted by Gasteiger charge is -2.07. The summed E-state index contributed by atoms with van der Waals surface area (Å²) in [4.78, 5) is 12.3. The van der Waals surface area contributed by atoms with Crippen molar-refractivity contribution in [2.24, 2.45) is 0 Å². The Morgan fingerprint density at radius 3 is 2.81 bits per heavy atom. The third kappa shape index (κ3) is 3.03. The Balaban J connectivity index is 1.63. The first-order valence-electron chi connectivity index (χ1n) is 7.04. The molecule has 21 heavy (non-hydrogen) atoms. The average Bonchev–Trinajstić information content (AvgIpc) is 2.88. The molecule has 0 saturated heterocycles. The van der Waals surface area contributed by atoms with Gasteiger partial charge in [0.2, 0.25) is 0 Å². The molecule has 3 rings (SSSR count). The van der Waals surface area contributed by atoms with Gasteiger partial charge in [-0.25, -0.2) is 4.52 Å². The summed E-state index contributed by atoms with van der Waals surface area (Å²) < 4.78 is 3.35. The zero-order valence-electron chi connectivity index (χ0n) is 12.0. The smallest absolute Gasteiger partial charge is 0.276 e. The van der Waals surface area contributed by atoms with Crippen LogP contribution in [-0.4, -0.2) is 20.7 Å². The molecule has 5 heteroatoms. The van der Waals surface area contributed by atoms with Crippen molar-refractivity contribution < 1.29 is 0 Å². The van der Waals surface area contributed by atoms with Gasteiger partial charge >= 0.3 is 0 Å². The van der Waals surface area contributed by atoms with Crippen molar-refractivity contribution in [3.63, 3.8) is 0 Å². The second-order valence-corrected chi connectivity index (χ2v) is 5.07. The van der Waals surface area contributed by atoms with Crippen molar-refractivity contribution in [2.45, 2.75) is 20.0 Å². The number of nitrogens with one attached hydrogen (secondary N) is 1. The van der Waals surface area contributed by atoms with Crippen LogP contribution < -0.4 is 10.9 Å². The van der Waals surface area contributed by atoms with Gasteiger partial charge in [-0.15, -0.1) is 0 Å². The zero-order valence-corrected chi connectivity index (χ0v) is 12.0. The summed E-state index contributed by atoms with van der Waals surface area (Å²) in [6, 6.07) is 12.0. The number of fused-ring (bicyclic) bond motifs is 1. The standard InChI is InChI=1S/C16H18N4O/c1-13-11-15-16(21)19(9-10-20(15)18-13)8-7-17-12-14-5-3-2-4-6-14/h2-6,9-11,17H,7-8,12H2,1H3. The Hall–Kier alpha value is -2.40. The molecule has 1 aromatic carbocycles. The van der Waals surface area contributed by atoms with E-state index in [1.54, 1.807) is 15.3 Å². The molecule has 0 unspecified atom stereocenters. The molecule has 0 bridgehead atoms. The highest BCUT2D eigenvalue weighted by Crippen LogP contribution is 2.00. The fraction of sp³-hybridized carbons (Fsp3) is 0.250. The number of benzene rings is 1. The van der Waals surface area contributed by atoms with Crippen LogP contribution in [0.5, 0.6) is 0 Å². The number of hydrogen-bond acceptors (Lipinski definition) is 3. The minimum Gasteiger partial charge on any atom is -0.311 e. The number of aryl methyl sites for hydroxylation is 1. The lowest BCUT2D eigenvalue weighted by atomic mass is 10.2. The van der Waals surface area contributed by atoms with Crippen molar-refractivity contribution in [3.05, 3.63) is 70.4 Å². The highest BCUT2D eigenvalue weighted by Gasteiger charge is 2.04. The third-order valence-corrected chi connectivity index (χ3v) is 3.43. The van der Waals surface area contributed by atoms with Gasteiger partial charge in [0, 0.05) is 32.0 Å². The van der Waals surface area contributed by atoms with Crippen molar-refractivity contribution in [2.75, 3.05) is 6.54 Å². The van der Waals surface area contributed by atoms with E-state index in [1.165, 1.54) is 5.56 Å². The number of aromatic nitrogens is 3. The molecular formula is C16H18N4O. The lowest BCUT2D eigenvalue weighted by Crippen LogP contribution is -2.27. The first kappa shape index (κ1) is 13.6. The van der Waals surface area contributed by atoms with Crippen LogP contribution in [0.25, 0.3) is 5.52 Å². The van der Waals surface area contributed by atoms with E-state index in [0.29, 0.717) is 12.1 Å². The molecule has 2 aromatic heterocycles. The van der Waals surface area contributed by atoms with Crippen molar-refractivity contribution in [1.29, 1.82) is 0 Å². The summed E-state index contributed by atoms with van der Waals surface area (Å²) >= 11 is 0. The van der Waals surface area contributed by atoms with Crippen molar-refractivity contribution >= 4 is 5.52 Å². The Kier molecular flexibility index (Phi) is 3.83. The Labute approximate surface area is 122 Å². The summed E-state index contributed by atoms with van der Waals surface area (Å²) in [5.41, 5.74) is 2.72. The van der Waals surface area contributed by atoms with Gasteiger partial charge in [0.15, 0.2) is 0 Å². The Morgan fingerprint density at radius 2 is 2.00 bits per heavy atom. The summed E-state index contributed by atoms with van der Waals surface area (Å²) in [5, 5.41) is 7.59.